The zero-order valence-electron chi connectivity index (χ0n) is 13.0. The minimum Gasteiger partial charge on any atom is -0.310 e. The Balaban J connectivity index is 2.28. The smallest absolute Gasteiger partial charge is 0.0385 e. The van der Waals surface area contributed by atoms with Crippen molar-refractivity contribution in [2.45, 2.75) is 65.8 Å². The molecule has 1 heterocycles. The van der Waals surface area contributed by atoms with Crippen LogP contribution in [0.3, 0.4) is 0 Å². The third-order valence-corrected chi connectivity index (χ3v) is 5.40. The van der Waals surface area contributed by atoms with Gasteiger partial charge in [0.1, 0.15) is 0 Å². The van der Waals surface area contributed by atoms with Crippen LogP contribution in [0, 0.1) is 18.3 Å². The molecule has 0 aromatic carbocycles. The van der Waals surface area contributed by atoms with Crippen molar-refractivity contribution in [3.05, 3.63) is 21.9 Å². The van der Waals surface area contributed by atoms with Gasteiger partial charge in [0, 0.05) is 10.9 Å². The molecular formula is C17H29NS. The lowest BCUT2D eigenvalue weighted by molar-refractivity contribution is 0.157. The largest absolute Gasteiger partial charge is 0.310 e. The molecule has 1 nitrogen and oxygen atoms in total. The highest BCUT2D eigenvalue weighted by molar-refractivity contribution is 7.10. The lowest BCUT2D eigenvalue weighted by Gasteiger charge is -2.39. The molecule has 2 heteroatoms. The van der Waals surface area contributed by atoms with Gasteiger partial charge in [-0.05, 0) is 61.1 Å². The monoisotopic (exact) mass is 279 g/mol. The minimum atomic E-state index is 0.498. The van der Waals surface area contributed by atoms with Gasteiger partial charge in [0.25, 0.3) is 0 Å². The fourth-order valence-corrected chi connectivity index (χ4v) is 4.74. The van der Waals surface area contributed by atoms with E-state index in [-0.39, 0.29) is 0 Å². The van der Waals surface area contributed by atoms with Gasteiger partial charge in [-0.2, -0.15) is 0 Å². The Bertz CT molecular complexity index is 388. The number of thiophene rings is 1. The van der Waals surface area contributed by atoms with Gasteiger partial charge >= 0.3 is 0 Å². The first-order valence-corrected chi connectivity index (χ1v) is 8.74. The van der Waals surface area contributed by atoms with Crippen LogP contribution in [0.2, 0.25) is 0 Å². The second-order valence-corrected chi connectivity index (χ2v) is 7.76. The number of nitrogens with one attached hydrogen (secondary N) is 1. The van der Waals surface area contributed by atoms with Crippen molar-refractivity contribution in [3.8, 4) is 0 Å². The van der Waals surface area contributed by atoms with Crippen molar-refractivity contribution >= 4 is 11.3 Å². The quantitative estimate of drug-likeness (QED) is 0.743. The van der Waals surface area contributed by atoms with Gasteiger partial charge in [0.05, 0.1) is 0 Å². The summed E-state index contributed by atoms with van der Waals surface area (Å²) in [5.41, 5.74) is 2.03. The van der Waals surface area contributed by atoms with Crippen LogP contribution >= 0.6 is 11.3 Å². The van der Waals surface area contributed by atoms with Gasteiger partial charge in [0.15, 0.2) is 0 Å². The first-order valence-electron chi connectivity index (χ1n) is 7.86. The summed E-state index contributed by atoms with van der Waals surface area (Å²) in [6.07, 6.45) is 6.99. The van der Waals surface area contributed by atoms with Crippen molar-refractivity contribution in [1.82, 2.24) is 5.32 Å². The topological polar surface area (TPSA) is 12.0 Å². The fraction of sp³-hybridized carbons (Fsp3) is 0.765. The molecule has 1 aliphatic rings. The van der Waals surface area contributed by atoms with E-state index in [2.05, 4.69) is 44.5 Å². The maximum Gasteiger partial charge on any atom is 0.0385 e. The molecule has 0 aliphatic heterocycles. The van der Waals surface area contributed by atoms with E-state index in [4.69, 9.17) is 0 Å². The van der Waals surface area contributed by atoms with Crippen molar-refractivity contribution in [1.29, 1.82) is 0 Å². The summed E-state index contributed by atoms with van der Waals surface area (Å²) in [5.74, 6) is 0.791. The average Bonchev–Trinajstić information content (AvgIpc) is 2.95. The van der Waals surface area contributed by atoms with Gasteiger partial charge in [-0.15, -0.1) is 11.3 Å². The first kappa shape index (κ1) is 15.1. The van der Waals surface area contributed by atoms with E-state index in [0.29, 0.717) is 11.5 Å². The molecule has 0 spiro atoms. The molecule has 19 heavy (non-hydrogen) atoms. The highest BCUT2D eigenvalue weighted by Gasteiger charge is 2.42. The van der Waals surface area contributed by atoms with Crippen molar-refractivity contribution < 1.29 is 0 Å². The van der Waals surface area contributed by atoms with E-state index >= 15 is 0 Å². The first-order chi connectivity index (χ1) is 9.07. The fourth-order valence-electron chi connectivity index (χ4n) is 4.01. The minimum absolute atomic E-state index is 0.498. The zero-order valence-corrected chi connectivity index (χ0v) is 13.8. The summed E-state index contributed by atoms with van der Waals surface area (Å²) in [5, 5.41) is 6.19. The molecule has 1 saturated carbocycles. The van der Waals surface area contributed by atoms with Crippen molar-refractivity contribution in [2.24, 2.45) is 11.3 Å². The molecule has 0 bridgehead atoms. The molecule has 1 N–H and O–H groups in total. The maximum absolute atomic E-state index is 3.81. The Morgan fingerprint density at radius 2 is 2.00 bits per heavy atom. The standard InChI is InChI=1S/C17H29NS/c1-5-18-16(15-10-14(4)19-12-15)17(11-13(2)3)8-6-7-9-17/h10,12-13,16,18H,5-9,11H2,1-4H3. The van der Waals surface area contributed by atoms with E-state index in [1.54, 1.807) is 0 Å². The number of aryl methyl sites for hydroxylation is 1. The third-order valence-electron chi connectivity index (χ3n) is 4.52. The van der Waals surface area contributed by atoms with Crippen LogP contribution in [0.5, 0.6) is 0 Å². The number of hydrogen-bond acceptors (Lipinski definition) is 2. The van der Waals surface area contributed by atoms with Crippen LogP contribution in [0.1, 0.15) is 69.4 Å². The molecule has 1 unspecified atom stereocenters. The molecule has 1 aromatic rings. The van der Waals surface area contributed by atoms with E-state index in [1.165, 1.54) is 42.5 Å². The molecule has 1 atom stereocenters. The van der Waals surface area contributed by atoms with E-state index in [9.17, 15) is 0 Å². The number of rotatable bonds is 6. The lowest BCUT2D eigenvalue weighted by atomic mass is 9.70. The van der Waals surface area contributed by atoms with E-state index in [0.717, 1.165) is 12.5 Å². The molecular weight excluding hydrogens is 250 g/mol. The molecule has 108 valence electrons. The summed E-state index contributed by atoms with van der Waals surface area (Å²) < 4.78 is 0. The summed E-state index contributed by atoms with van der Waals surface area (Å²) in [7, 11) is 0. The summed E-state index contributed by atoms with van der Waals surface area (Å²) in [6, 6.07) is 2.96. The number of hydrogen-bond donors (Lipinski definition) is 1. The third kappa shape index (κ3) is 3.41. The molecule has 1 aliphatic carbocycles. The predicted molar refractivity (Wildman–Crippen MR) is 85.8 cm³/mol. The Hall–Kier alpha value is -0.340. The Labute approximate surface area is 122 Å². The van der Waals surface area contributed by atoms with Crippen LogP contribution < -0.4 is 5.32 Å². The normalized spacial score (nSPS) is 20.1. The summed E-state index contributed by atoms with van der Waals surface area (Å²) in [6.45, 7) is 10.3. The highest BCUT2D eigenvalue weighted by Crippen LogP contribution is 2.52. The van der Waals surface area contributed by atoms with Gasteiger partial charge < -0.3 is 5.32 Å². The van der Waals surface area contributed by atoms with Crippen molar-refractivity contribution in [2.75, 3.05) is 6.54 Å². The molecule has 0 saturated heterocycles. The van der Waals surface area contributed by atoms with E-state index < -0.39 is 0 Å². The Kier molecular flexibility index (Phi) is 5.08. The average molecular weight is 279 g/mol. The van der Waals surface area contributed by atoms with Crippen LogP contribution in [0.4, 0.5) is 0 Å². The van der Waals surface area contributed by atoms with Gasteiger partial charge in [-0.1, -0.05) is 33.6 Å². The predicted octanol–water partition coefficient (Wildman–Crippen LogP) is 5.31. The van der Waals surface area contributed by atoms with E-state index in [1.807, 2.05) is 11.3 Å². The van der Waals surface area contributed by atoms with Crippen LogP contribution in [-0.2, 0) is 0 Å². The summed E-state index contributed by atoms with van der Waals surface area (Å²) >= 11 is 1.89. The second kappa shape index (κ2) is 6.41. The Morgan fingerprint density at radius 3 is 2.47 bits per heavy atom. The molecule has 1 fully saturated rings. The van der Waals surface area contributed by atoms with Gasteiger partial charge in [0.2, 0.25) is 0 Å². The molecule has 0 radical (unpaired) electrons. The maximum atomic E-state index is 3.81. The molecule has 2 rings (SSSR count). The second-order valence-electron chi connectivity index (χ2n) is 6.65. The SMILES string of the molecule is CCNC(c1csc(C)c1)C1(CC(C)C)CCCC1. The molecule has 0 amide bonds. The van der Waals surface area contributed by atoms with Gasteiger partial charge in [-0.25, -0.2) is 0 Å². The van der Waals surface area contributed by atoms with Gasteiger partial charge in [-0.3, -0.25) is 0 Å². The van der Waals surface area contributed by atoms with Crippen LogP contribution in [0.15, 0.2) is 11.4 Å². The van der Waals surface area contributed by atoms with Crippen LogP contribution in [0.25, 0.3) is 0 Å². The summed E-state index contributed by atoms with van der Waals surface area (Å²) in [4.78, 5) is 1.44. The van der Waals surface area contributed by atoms with Crippen LogP contribution in [-0.4, -0.2) is 6.54 Å². The lowest BCUT2D eigenvalue weighted by Crippen LogP contribution is -2.37. The van der Waals surface area contributed by atoms with Crippen molar-refractivity contribution in [3.63, 3.8) is 0 Å². The molecule has 1 aromatic heterocycles. The Morgan fingerprint density at radius 1 is 1.32 bits per heavy atom. The zero-order chi connectivity index (χ0) is 13.9. The highest BCUT2D eigenvalue weighted by atomic mass is 32.1.